The quantitative estimate of drug-likeness (QED) is 0.479. The second-order valence-electron chi connectivity index (χ2n) is 7.50. The third kappa shape index (κ3) is 3.99. The van der Waals surface area contributed by atoms with Crippen LogP contribution in [0.2, 0.25) is 0 Å². The minimum Gasteiger partial charge on any atom is -0.489 e. The smallest absolute Gasteiger partial charge is 0.368 e. The third-order valence-corrected chi connectivity index (χ3v) is 5.41. The zero-order chi connectivity index (χ0) is 22.0. The van der Waals surface area contributed by atoms with Crippen LogP contribution in [0, 0.1) is 13.8 Å². The Balaban J connectivity index is 1.68. The van der Waals surface area contributed by atoms with Gasteiger partial charge in [0.1, 0.15) is 12.4 Å². The maximum Gasteiger partial charge on any atom is 0.368 e. The van der Waals surface area contributed by atoms with Crippen molar-refractivity contribution >= 4 is 0 Å². The molecule has 2 aromatic heterocycles. The Labute approximate surface area is 180 Å². The van der Waals surface area contributed by atoms with E-state index in [0.717, 1.165) is 45.7 Å². The van der Waals surface area contributed by atoms with E-state index in [1.165, 1.54) is 9.36 Å². The number of pyridine rings is 1. The monoisotopic (exact) mass is 415 g/mol. The molecule has 0 aliphatic carbocycles. The van der Waals surface area contributed by atoms with Crippen molar-refractivity contribution in [2.45, 2.75) is 33.8 Å². The lowest BCUT2D eigenvalue weighted by atomic mass is 10.0. The van der Waals surface area contributed by atoms with Gasteiger partial charge in [-0.15, -0.1) is 0 Å². The summed E-state index contributed by atoms with van der Waals surface area (Å²) in [5.74, 6) is 0.806. The van der Waals surface area contributed by atoms with Gasteiger partial charge in [-0.1, -0.05) is 25.1 Å². The van der Waals surface area contributed by atoms with E-state index >= 15 is 0 Å². The molecule has 0 unspecified atom stereocenters. The van der Waals surface area contributed by atoms with Gasteiger partial charge < -0.3 is 4.74 Å². The van der Waals surface area contributed by atoms with E-state index in [1.54, 1.807) is 13.2 Å². The summed E-state index contributed by atoms with van der Waals surface area (Å²) >= 11 is 0. The van der Waals surface area contributed by atoms with E-state index in [-0.39, 0.29) is 5.69 Å². The number of nitrogens with zero attached hydrogens (tertiary/aromatic N) is 5. The molecule has 0 bridgehead atoms. The maximum absolute atomic E-state index is 12.4. The standard InChI is InChI=1S/C24H25N5O2/c1-5-18-9-8-11-22(29-24(30)28(4)26-27-29)20(18)15-31-23-14-16(2)19(13-17(23)3)21-10-6-7-12-25-21/h6-14H,5,15H2,1-4H3. The zero-order valence-electron chi connectivity index (χ0n) is 18.2. The number of aryl methyl sites for hydroxylation is 4. The summed E-state index contributed by atoms with van der Waals surface area (Å²) in [5.41, 5.74) is 6.58. The fourth-order valence-corrected chi connectivity index (χ4v) is 3.68. The SMILES string of the molecule is CCc1cccc(-n2nnn(C)c2=O)c1COc1cc(C)c(-c2ccccn2)cc1C. The Kier molecular flexibility index (Phi) is 5.66. The molecule has 0 N–H and O–H groups in total. The van der Waals surface area contributed by atoms with Crippen LogP contribution in [-0.2, 0) is 20.1 Å². The van der Waals surface area contributed by atoms with Gasteiger partial charge in [-0.05, 0) is 77.7 Å². The van der Waals surface area contributed by atoms with Gasteiger partial charge in [-0.3, -0.25) is 4.98 Å². The van der Waals surface area contributed by atoms with Gasteiger partial charge in [0, 0.05) is 24.4 Å². The molecular formula is C24H25N5O2. The number of aromatic nitrogens is 5. The average molecular weight is 415 g/mol. The summed E-state index contributed by atoms with van der Waals surface area (Å²) in [6.45, 7) is 6.49. The molecular weight excluding hydrogens is 390 g/mol. The molecule has 7 heteroatoms. The minimum absolute atomic E-state index is 0.291. The highest BCUT2D eigenvalue weighted by molar-refractivity contribution is 5.66. The van der Waals surface area contributed by atoms with Crippen molar-refractivity contribution in [1.29, 1.82) is 0 Å². The van der Waals surface area contributed by atoms with Crippen molar-refractivity contribution in [2.75, 3.05) is 0 Å². The molecule has 0 radical (unpaired) electrons. The fourth-order valence-electron chi connectivity index (χ4n) is 3.68. The van der Waals surface area contributed by atoms with Gasteiger partial charge in [-0.2, -0.15) is 9.36 Å². The highest BCUT2D eigenvalue weighted by atomic mass is 16.5. The Bertz CT molecular complexity index is 1280. The highest BCUT2D eigenvalue weighted by Crippen LogP contribution is 2.30. The number of ether oxygens (including phenoxy) is 1. The molecule has 0 fully saturated rings. The molecule has 0 amide bonds. The molecule has 0 aliphatic heterocycles. The van der Waals surface area contributed by atoms with Crippen molar-refractivity contribution in [3.05, 3.63) is 87.5 Å². The van der Waals surface area contributed by atoms with E-state index in [4.69, 9.17) is 4.74 Å². The van der Waals surface area contributed by atoms with E-state index in [2.05, 4.69) is 35.3 Å². The molecule has 158 valence electrons. The average Bonchev–Trinajstić information content (AvgIpc) is 3.12. The van der Waals surface area contributed by atoms with Gasteiger partial charge in [0.25, 0.3) is 0 Å². The number of benzene rings is 2. The van der Waals surface area contributed by atoms with Crippen LogP contribution < -0.4 is 10.4 Å². The predicted molar refractivity (Wildman–Crippen MR) is 119 cm³/mol. The van der Waals surface area contributed by atoms with Gasteiger partial charge in [0.05, 0.1) is 11.4 Å². The van der Waals surface area contributed by atoms with Crippen LogP contribution in [0.5, 0.6) is 5.75 Å². The lowest BCUT2D eigenvalue weighted by molar-refractivity contribution is 0.302. The van der Waals surface area contributed by atoms with Crippen molar-refractivity contribution in [2.24, 2.45) is 7.05 Å². The first-order valence-corrected chi connectivity index (χ1v) is 10.2. The van der Waals surface area contributed by atoms with Crippen LogP contribution in [0.4, 0.5) is 0 Å². The first-order chi connectivity index (χ1) is 15.0. The zero-order valence-corrected chi connectivity index (χ0v) is 18.2. The molecule has 31 heavy (non-hydrogen) atoms. The summed E-state index contributed by atoms with van der Waals surface area (Å²) in [4.78, 5) is 16.9. The van der Waals surface area contributed by atoms with E-state index in [9.17, 15) is 4.79 Å². The van der Waals surface area contributed by atoms with Crippen molar-refractivity contribution in [3.63, 3.8) is 0 Å². The number of hydrogen-bond donors (Lipinski definition) is 0. The summed E-state index contributed by atoms with van der Waals surface area (Å²) in [6, 6.07) is 15.9. The van der Waals surface area contributed by atoms with Crippen LogP contribution >= 0.6 is 0 Å². The van der Waals surface area contributed by atoms with Crippen molar-refractivity contribution in [3.8, 4) is 22.7 Å². The lowest BCUT2D eigenvalue weighted by Gasteiger charge is -2.17. The normalized spacial score (nSPS) is 11.0. The summed E-state index contributed by atoms with van der Waals surface area (Å²) in [5, 5.41) is 7.85. The van der Waals surface area contributed by atoms with Crippen LogP contribution in [0.3, 0.4) is 0 Å². The Morgan fingerprint density at radius 3 is 2.52 bits per heavy atom. The lowest BCUT2D eigenvalue weighted by Crippen LogP contribution is -2.23. The molecule has 4 aromatic rings. The molecule has 0 atom stereocenters. The van der Waals surface area contributed by atoms with Gasteiger partial charge >= 0.3 is 5.69 Å². The van der Waals surface area contributed by atoms with Crippen LogP contribution in [-0.4, -0.2) is 24.8 Å². The maximum atomic E-state index is 12.4. The number of hydrogen-bond acceptors (Lipinski definition) is 5. The van der Waals surface area contributed by atoms with E-state index in [0.29, 0.717) is 12.3 Å². The summed E-state index contributed by atoms with van der Waals surface area (Å²) < 4.78 is 8.79. The molecule has 0 saturated carbocycles. The molecule has 4 rings (SSSR count). The fraction of sp³-hybridized carbons (Fsp3) is 0.250. The van der Waals surface area contributed by atoms with Crippen molar-refractivity contribution in [1.82, 2.24) is 24.8 Å². The molecule has 2 aromatic carbocycles. The van der Waals surface area contributed by atoms with E-state index in [1.807, 2.05) is 49.4 Å². The largest absolute Gasteiger partial charge is 0.489 e. The molecule has 0 spiro atoms. The second kappa shape index (κ2) is 8.55. The number of tetrazole rings is 1. The number of rotatable bonds is 6. The third-order valence-electron chi connectivity index (χ3n) is 5.41. The Morgan fingerprint density at radius 1 is 1.00 bits per heavy atom. The van der Waals surface area contributed by atoms with E-state index < -0.39 is 0 Å². The topological polar surface area (TPSA) is 74.8 Å². The minimum atomic E-state index is -0.291. The molecule has 7 nitrogen and oxygen atoms in total. The molecule has 0 aliphatic rings. The van der Waals surface area contributed by atoms with Crippen LogP contribution in [0.1, 0.15) is 29.2 Å². The molecule has 0 saturated heterocycles. The summed E-state index contributed by atoms with van der Waals surface area (Å²) in [7, 11) is 1.58. The molecule has 2 heterocycles. The highest BCUT2D eigenvalue weighted by Gasteiger charge is 2.16. The summed E-state index contributed by atoms with van der Waals surface area (Å²) in [6.07, 6.45) is 2.62. The first-order valence-electron chi connectivity index (χ1n) is 10.2. The van der Waals surface area contributed by atoms with Crippen LogP contribution in [0.25, 0.3) is 16.9 Å². The van der Waals surface area contributed by atoms with Gasteiger partial charge in [-0.25, -0.2) is 4.79 Å². The first kappa shape index (κ1) is 20.5. The van der Waals surface area contributed by atoms with Crippen molar-refractivity contribution < 1.29 is 4.74 Å². The van der Waals surface area contributed by atoms with Gasteiger partial charge in [0.2, 0.25) is 0 Å². The Hall–Kier alpha value is -3.74. The van der Waals surface area contributed by atoms with Gasteiger partial charge in [0.15, 0.2) is 0 Å². The Morgan fingerprint density at radius 2 is 1.84 bits per heavy atom. The second-order valence-corrected chi connectivity index (χ2v) is 7.50. The van der Waals surface area contributed by atoms with Crippen LogP contribution in [0.15, 0.2) is 59.5 Å². The predicted octanol–water partition coefficient (Wildman–Crippen LogP) is 3.79.